The predicted octanol–water partition coefficient (Wildman–Crippen LogP) is 3.19. The molecular formula is C28H43N3O7. The molecule has 2 saturated carbocycles. The molecule has 0 spiro atoms. The van der Waals surface area contributed by atoms with E-state index in [1.807, 2.05) is 12.2 Å². The number of allylic oxidation sites excluding steroid dienone is 1. The molecule has 0 aromatic rings. The van der Waals surface area contributed by atoms with Crippen molar-refractivity contribution in [1.29, 1.82) is 0 Å². The molecule has 2 aliphatic carbocycles. The van der Waals surface area contributed by atoms with E-state index in [1.165, 1.54) is 11.3 Å². The molecule has 0 aromatic heterocycles. The van der Waals surface area contributed by atoms with Gasteiger partial charge in [-0.3, -0.25) is 14.4 Å². The van der Waals surface area contributed by atoms with Crippen LogP contribution >= 0.6 is 0 Å². The van der Waals surface area contributed by atoms with Gasteiger partial charge in [-0.25, -0.2) is 9.59 Å². The Balaban J connectivity index is 1.49. The summed E-state index contributed by atoms with van der Waals surface area (Å²) in [5, 5.41) is 14.9. The quantitative estimate of drug-likeness (QED) is 0.217. The first-order valence-corrected chi connectivity index (χ1v) is 14.1. The van der Waals surface area contributed by atoms with E-state index in [1.54, 1.807) is 13.8 Å². The normalized spacial score (nSPS) is 25.3. The van der Waals surface area contributed by atoms with Crippen LogP contribution in [-0.4, -0.2) is 70.4 Å². The number of rotatable bonds is 15. The second kappa shape index (κ2) is 13.2. The number of nitrogens with one attached hydrogen (secondary N) is 2. The van der Waals surface area contributed by atoms with Gasteiger partial charge in [0.25, 0.3) is 0 Å². The lowest BCUT2D eigenvalue weighted by Crippen LogP contribution is -2.54. The lowest BCUT2D eigenvalue weighted by Gasteiger charge is -2.26. The molecule has 1 aliphatic heterocycles. The van der Waals surface area contributed by atoms with Gasteiger partial charge in [-0.1, -0.05) is 52.2 Å². The van der Waals surface area contributed by atoms with Gasteiger partial charge in [-0.15, -0.1) is 0 Å². The Morgan fingerprint density at radius 3 is 2.47 bits per heavy atom. The summed E-state index contributed by atoms with van der Waals surface area (Å²) in [6.45, 7) is 5.71. The third kappa shape index (κ3) is 7.57. The zero-order valence-corrected chi connectivity index (χ0v) is 22.9. The minimum atomic E-state index is -1.34. The number of hydrogen-bond acceptors (Lipinski definition) is 6. The Labute approximate surface area is 224 Å². The van der Waals surface area contributed by atoms with E-state index in [0.29, 0.717) is 25.8 Å². The highest BCUT2D eigenvalue weighted by Gasteiger charge is 2.61. The number of ketones is 1. The third-order valence-electron chi connectivity index (χ3n) is 7.69. The van der Waals surface area contributed by atoms with Gasteiger partial charge in [-0.05, 0) is 50.9 Å². The minimum Gasteiger partial charge on any atom is -0.479 e. The van der Waals surface area contributed by atoms with Crippen LogP contribution in [0.2, 0.25) is 0 Å². The van der Waals surface area contributed by atoms with Crippen LogP contribution in [0.4, 0.5) is 4.79 Å². The van der Waals surface area contributed by atoms with E-state index < -0.39 is 41.6 Å². The number of carbonyl (C=O) groups is 5. The van der Waals surface area contributed by atoms with Crippen molar-refractivity contribution in [2.75, 3.05) is 13.1 Å². The van der Waals surface area contributed by atoms with Crippen LogP contribution < -0.4 is 10.6 Å². The first kappa shape index (κ1) is 29.6. The van der Waals surface area contributed by atoms with Crippen molar-refractivity contribution in [3.05, 3.63) is 12.2 Å². The molecule has 4 atom stereocenters. The van der Waals surface area contributed by atoms with E-state index in [4.69, 9.17) is 4.74 Å². The van der Waals surface area contributed by atoms with Crippen molar-refractivity contribution in [2.24, 2.45) is 17.8 Å². The smallest absolute Gasteiger partial charge is 0.408 e. The highest BCUT2D eigenvalue weighted by atomic mass is 16.6. The minimum absolute atomic E-state index is 0.0536. The Kier molecular flexibility index (Phi) is 10.3. The highest BCUT2D eigenvalue weighted by molar-refractivity contribution is 5.95. The fraction of sp³-hybridized carbons (Fsp3) is 0.750. The second-order valence-electron chi connectivity index (χ2n) is 11.2. The molecule has 3 aliphatic rings. The summed E-state index contributed by atoms with van der Waals surface area (Å²) in [5.41, 5.74) is -1.34. The van der Waals surface area contributed by atoms with Gasteiger partial charge in [0, 0.05) is 18.4 Å². The molecule has 0 aromatic carbocycles. The number of amides is 3. The molecule has 10 nitrogen and oxygen atoms in total. The molecule has 3 rings (SSSR count). The molecule has 3 amide bonds. The number of carbonyl (C=O) groups excluding carboxylic acids is 4. The van der Waals surface area contributed by atoms with Crippen molar-refractivity contribution < 1.29 is 33.8 Å². The number of Topliss-reactive ketones (excluding diaryl/α,β-unsaturated/α-hetero) is 1. The summed E-state index contributed by atoms with van der Waals surface area (Å²) in [7, 11) is 0. The van der Waals surface area contributed by atoms with Gasteiger partial charge in [0.1, 0.15) is 18.1 Å². The molecule has 1 unspecified atom stereocenters. The SMILES string of the molecule is CCCCCC/C=C\C1C[C@]1(NC(=O)[C@@H]1CCCN1C(=O)CNC(=O)O[C@H](C(=O)C1CC1)C(C)C)C(=O)O. The number of carboxylic acids is 1. The standard InChI is InChI=1S/C28H43N3O7/c1-4-5-6-7-8-9-11-20-16-28(20,26(35)36)30-25(34)21-12-10-15-31(21)22(32)17-29-27(37)38-24(18(2)3)23(33)19-13-14-19/h9,11,18-21,24H,4-8,10,12-17H2,1-3H3,(H,29,37)(H,30,34)(H,35,36)/b11-9-/t20?,21-,24-,28+/m0/s1. The molecule has 1 saturated heterocycles. The summed E-state index contributed by atoms with van der Waals surface area (Å²) in [5.74, 6) is -2.62. The Hall–Kier alpha value is -2.91. The number of hydrogen-bond donors (Lipinski definition) is 3. The number of alkyl carbamates (subject to hydrolysis) is 1. The Bertz CT molecular complexity index is 929. The van der Waals surface area contributed by atoms with Crippen LogP contribution in [0.15, 0.2) is 12.2 Å². The molecule has 3 N–H and O–H groups in total. The van der Waals surface area contributed by atoms with Crippen molar-refractivity contribution in [3.8, 4) is 0 Å². The maximum absolute atomic E-state index is 13.1. The van der Waals surface area contributed by atoms with Crippen molar-refractivity contribution in [1.82, 2.24) is 15.5 Å². The van der Waals surface area contributed by atoms with Gasteiger partial charge < -0.3 is 25.4 Å². The molecule has 3 fully saturated rings. The lowest BCUT2D eigenvalue weighted by atomic mass is 10.0. The van der Waals surface area contributed by atoms with E-state index in [0.717, 1.165) is 38.5 Å². The first-order valence-electron chi connectivity index (χ1n) is 14.1. The molecule has 0 bridgehead atoms. The zero-order valence-electron chi connectivity index (χ0n) is 22.9. The van der Waals surface area contributed by atoms with Crippen molar-refractivity contribution in [2.45, 2.75) is 103 Å². The highest BCUT2D eigenvalue weighted by Crippen LogP contribution is 2.45. The van der Waals surface area contributed by atoms with Crippen LogP contribution in [0.1, 0.15) is 85.0 Å². The van der Waals surface area contributed by atoms with Crippen LogP contribution in [0.3, 0.4) is 0 Å². The van der Waals surface area contributed by atoms with E-state index >= 15 is 0 Å². The number of unbranched alkanes of at least 4 members (excludes halogenated alkanes) is 4. The maximum Gasteiger partial charge on any atom is 0.408 e. The van der Waals surface area contributed by atoms with Crippen LogP contribution in [0.25, 0.3) is 0 Å². The van der Waals surface area contributed by atoms with Crippen LogP contribution in [-0.2, 0) is 23.9 Å². The molecule has 1 heterocycles. The number of likely N-dealkylation sites (tertiary alicyclic amines) is 1. The van der Waals surface area contributed by atoms with Gasteiger partial charge in [0.15, 0.2) is 11.9 Å². The Morgan fingerprint density at radius 1 is 1.11 bits per heavy atom. The Morgan fingerprint density at radius 2 is 1.84 bits per heavy atom. The van der Waals surface area contributed by atoms with Crippen molar-refractivity contribution in [3.63, 3.8) is 0 Å². The number of ether oxygens (including phenoxy) is 1. The van der Waals surface area contributed by atoms with Gasteiger partial charge in [0.2, 0.25) is 11.8 Å². The first-order chi connectivity index (χ1) is 18.1. The van der Waals surface area contributed by atoms with E-state index in [9.17, 15) is 29.1 Å². The van der Waals surface area contributed by atoms with Gasteiger partial charge in [0.05, 0.1) is 0 Å². The van der Waals surface area contributed by atoms with Gasteiger partial charge >= 0.3 is 12.1 Å². The topological polar surface area (TPSA) is 142 Å². The third-order valence-corrected chi connectivity index (χ3v) is 7.69. The molecule has 0 radical (unpaired) electrons. The number of carboxylic acid groups (broad SMARTS) is 1. The average molecular weight is 534 g/mol. The summed E-state index contributed by atoms with van der Waals surface area (Å²) < 4.78 is 5.31. The molecule has 38 heavy (non-hydrogen) atoms. The number of nitrogens with zero attached hydrogens (tertiary/aromatic N) is 1. The van der Waals surface area contributed by atoms with Crippen molar-refractivity contribution >= 4 is 29.7 Å². The van der Waals surface area contributed by atoms with Crippen LogP contribution in [0.5, 0.6) is 0 Å². The zero-order chi connectivity index (χ0) is 27.9. The van der Waals surface area contributed by atoms with Crippen LogP contribution in [0, 0.1) is 17.8 Å². The predicted molar refractivity (Wildman–Crippen MR) is 140 cm³/mol. The fourth-order valence-electron chi connectivity index (χ4n) is 5.08. The summed E-state index contributed by atoms with van der Waals surface area (Å²) >= 11 is 0. The molecular weight excluding hydrogens is 490 g/mol. The van der Waals surface area contributed by atoms with E-state index in [-0.39, 0.29) is 30.1 Å². The second-order valence-corrected chi connectivity index (χ2v) is 11.2. The fourth-order valence-corrected chi connectivity index (χ4v) is 5.08. The number of aliphatic carboxylic acids is 1. The van der Waals surface area contributed by atoms with Gasteiger partial charge in [-0.2, -0.15) is 0 Å². The van der Waals surface area contributed by atoms with E-state index in [2.05, 4.69) is 17.6 Å². The molecule has 10 heteroatoms. The average Bonchev–Trinajstić information content (AvgIpc) is 3.79. The summed E-state index contributed by atoms with van der Waals surface area (Å²) in [4.78, 5) is 64.0. The maximum atomic E-state index is 13.1. The largest absolute Gasteiger partial charge is 0.479 e. The summed E-state index contributed by atoms with van der Waals surface area (Å²) in [6.07, 6.45) is 10.5. The monoisotopic (exact) mass is 533 g/mol. The molecule has 212 valence electrons. The lowest BCUT2D eigenvalue weighted by molar-refractivity contribution is -0.145. The summed E-state index contributed by atoms with van der Waals surface area (Å²) in [6, 6.07) is -0.796.